The summed E-state index contributed by atoms with van der Waals surface area (Å²) in [6, 6.07) is 27.4. The van der Waals surface area contributed by atoms with E-state index in [2.05, 4.69) is 93.7 Å². The first kappa shape index (κ1) is 25.3. The number of rotatable bonds is 4. The molecule has 5 atom stereocenters. The molecule has 3 N–H and O–H groups in total. The molecule has 2 bridgehead atoms. The van der Waals surface area contributed by atoms with Gasteiger partial charge in [0.25, 0.3) is 5.91 Å². The zero-order valence-electron chi connectivity index (χ0n) is 23.9. The first-order valence-corrected chi connectivity index (χ1v) is 15.0. The van der Waals surface area contributed by atoms with Gasteiger partial charge in [0.05, 0.1) is 18.2 Å². The summed E-state index contributed by atoms with van der Waals surface area (Å²) in [6.45, 7) is 2.54. The summed E-state index contributed by atoms with van der Waals surface area (Å²) in [6.07, 6.45) is 2.58. The van der Waals surface area contributed by atoms with Crippen molar-refractivity contribution in [2.75, 3.05) is 13.6 Å². The molecule has 0 unspecified atom stereocenters. The zero-order valence-corrected chi connectivity index (χ0v) is 23.9. The highest BCUT2D eigenvalue weighted by atomic mass is 16.1. The topological polar surface area (TPSA) is 90.9 Å². The SMILES string of the molecule is CCc1ccc(C(=O)NC[C@H]2c3[nH]c4ccccc4c3C[C@H]3[C@H]4c5[nH]c6ccccc6c5C[C@@H]([C@H](C#N)N23)N4C)cc1. The number of aromatic amines is 2. The number of para-hydroxylation sites is 2. The lowest BCUT2D eigenvalue weighted by atomic mass is 9.75. The van der Waals surface area contributed by atoms with Gasteiger partial charge in [-0.3, -0.25) is 14.6 Å². The molecule has 7 nitrogen and oxygen atoms in total. The second kappa shape index (κ2) is 9.59. The summed E-state index contributed by atoms with van der Waals surface area (Å²) in [5.41, 5.74) is 9.16. The average Bonchev–Trinajstić information content (AvgIpc) is 3.58. The Labute approximate surface area is 245 Å². The van der Waals surface area contributed by atoms with Crippen LogP contribution in [0.25, 0.3) is 21.8 Å². The number of aromatic nitrogens is 2. The zero-order chi connectivity index (χ0) is 28.5. The molecule has 0 saturated carbocycles. The number of amides is 1. The Morgan fingerprint density at radius 2 is 1.52 bits per heavy atom. The Morgan fingerprint density at radius 3 is 2.19 bits per heavy atom. The smallest absolute Gasteiger partial charge is 0.251 e. The summed E-state index contributed by atoms with van der Waals surface area (Å²) in [7, 11) is 2.19. The van der Waals surface area contributed by atoms with E-state index in [-0.39, 0.29) is 36.1 Å². The van der Waals surface area contributed by atoms with Crippen molar-refractivity contribution < 1.29 is 4.79 Å². The summed E-state index contributed by atoms with van der Waals surface area (Å²) in [5.74, 6) is -0.0850. The molecule has 2 aromatic heterocycles. The third kappa shape index (κ3) is 3.62. The molecule has 7 heteroatoms. The second-order valence-electron chi connectivity index (χ2n) is 12.1. The molecule has 1 fully saturated rings. The van der Waals surface area contributed by atoms with Crippen LogP contribution in [0.4, 0.5) is 0 Å². The standard InChI is InChI=1S/C35H34N6O/c1-3-20-12-14-21(15-13-20)35(42)37-19-31-32-24(22-8-4-6-10-26(22)38-32)17-29-34-33-25(23-9-5-7-11-27(23)39-33)16-28(40(34)2)30(18-36)41(29)31/h4-15,28-31,34,38-39H,3,16-17,19H2,1-2H3,(H,37,42)/t28-,29-,30-,31-,34-/m0/s1. The number of hydrogen-bond acceptors (Lipinski definition) is 4. The van der Waals surface area contributed by atoms with Crippen LogP contribution in [-0.4, -0.2) is 57.4 Å². The molecule has 1 saturated heterocycles. The number of benzene rings is 3. The first-order valence-electron chi connectivity index (χ1n) is 15.0. The van der Waals surface area contributed by atoms with E-state index >= 15 is 0 Å². The lowest BCUT2D eigenvalue weighted by Gasteiger charge is -2.58. The van der Waals surface area contributed by atoms with Gasteiger partial charge in [0.15, 0.2) is 0 Å². The van der Waals surface area contributed by atoms with Crippen LogP contribution in [-0.2, 0) is 19.3 Å². The van der Waals surface area contributed by atoms with Crippen LogP contribution in [0.2, 0.25) is 0 Å². The van der Waals surface area contributed by atoms with Gasteiger partial charge in [0.2, 0.25) is 0 Å². The highest BCUT2D eigenvalue weighted by Gasteiger charge is 2.55. The highest BCUT2D eigenvalue weighted by molar-refractivity contribution is 5.94. The number of fused-ring (bicyclic) bond motifs is 11. The van der Waals surface area contributed by atoms with Crippen LogP contribution >= 0.6 is 0 Å². The van der Waals surface area contributed by atoms with Gasteiger partial charge in [-0.15, -0.1) is 0 Å². The number of likely N-dealkylation sites (N-methyl/N-ethyl adjacent to an activating group) is 1. The number of carbonyl (C=O) groups is 1. The van der Waals surface area contributed by atoms with Gasteiger partial charge in [-0.2, -0.15) is 5.26 Å². The number of hydrogen-bond donors (Lipinski definition) is 3. The number of aryl methyl sites for hydroxylation is 1. The normalized spacial score (nSPS) is 25.0. The number of H-pyrrole nitrogens is 2. The maximum absolute atomic E-state index is 13.4. The quantitative estimate of drug-likeness (QED) is 0.277. The molecule has 5 heterocycles. The molecular formula is C35H34N6O. The summed E-state index contributed by atoms with van der Waals surface area (Å²) >= 11 is 0. The number of piperazine rings is 1. The van der Waals surface area contributed by atoms with Crippen LogP contribution in [0.15, 0.2) is 72.8 Å². The molecule has 42 heavy (non-hydrogen) atoms. The maximum atomic E-state index is 13.4. The van der Waals surface area contributed by atoms with Gasteiger partial charge in [-0.1, -0.05) is 55.5 Å². The minimum absolute atomic E-state index is 0.0497. The monoisotopic (exact) mass is 554 g/mol. The van der Waals surface area contributed by atoms with Gasteiger partial charge in [0.1, 0.15) is 6.04 Å². The van der Waals surface area contributed by atoms with Crippen LogP contribution in [0, 0.1) is 11.3 Å². The van der Waals surface area contributed by atoms with Gasteiger partial charge >= 0.3 is 0 Å². The molecule has 1 amide bonds. The van der Waals surface area contributed by atoms with Crippen molar-refractivity contribution in [2.45, 2.75) is 56.4 Å². The van der Waals surface area contributed by atoms with E-state index < -0.39 is 0 Å². The van der Waals surface area contributed by atoms with Gasteiger partial charge in [-0.25, -0.2) is 0 Å². The number of nitrogens with zero attached hydrogens (tertiary/aromatic N) is 3. The van der Waals surface area contributed by atoms with E-state index in [0.717, 1.165) is 36.0 Å². The van der Waals surface area contributed by atoms with Crippen molar-refractivity contribution in [1.82, 2.24) is 25.1 Å². The van der Waals surface area contributed by atoms with Crippen LogP contribution < -0.4 is 5.32 Å². The van der Waals surface area contributed by atoms with Crippen molar-refractivity contribution in [1.29, 1.82) is 5.26 Å². The third-order valence-electron chi connectivity index (χ3n) is 10.1. The minimum atomic E-state index is -0.316. The fraction of sp³-hybridized carbons (Fsp3) is 0.314. The van der Waals surface area contributed by atoms with Gasteiger partial charge < -0.3 is 15.3 Å². The van der Waals surface area contributed by atoms with Crippen molar-refractivity contribution in [3.63, 3.8) is 0 Å². The molecule has 0 radical (unpaired) electrons. The van der Waals surface area contributed by atoms with E-state index in [9.17, 15) is 10.1 Å². The molecule has 5 aromatic rings. The lowest BCUT2D eigenvalue weighted by molar-refractivity contribution is -0.0722. The van der Waals surface area contributed by atoms with E-state index in [1.807, 2.05) is 24.3 Å². The Morgan fingerprint density at radius 1 is 0.905 bits per heavy atom. The lowest BCUT2D eigenvalue weighted by Crippen LogP contribution is -2.68. The predicted octanol–water partition coefficient (Wildman–Crippen LogP) is 5.41. The van der Waals surface area contributed by atoms with Gasteiger partial charge in [-0.05, 0) is 67.3 Å². The van der Waals surface area contributed by atoms with E-state index in [1.165, 1.54) is 33.2 Å². The van der Waals surface area contributed by atoms with Gasteiger partial charge in [0, 0.05) is 57.4 Å². The fourth-order valence-corrected chi connectivity index (χ4v) is 8.09. The Kier molecular flexibility index (Phi) is 5.78. The average molecular weight is 555 g/mol. The van der Waals surface area contributed by atoms with Crippen LogP contribution in [0.3, 0.4) is 0 Å². The number of nitriles is 1. The molecule has 3 aliphatic rings. The molecule has 8 rings (SSSR count). The van der Waals surface area contributed by atoms with Crippen molar-refractivity contribution in [3.8, 4) is 6.07 Å². The highest BCUT2D eigenvalue weighted by Crippen LogP contribution is 2.51. The number of nitrogens with one attached hydrogen (secondary N) is 3. The summed E-state index contributed by atoms with van der Waals surface area (Å²) in [4.78, 5) is 25.8. The fourth-order valence-electron chi connectivity index (χ4n) is 8.09. The molecule has 210 valence electrons. The minimum Gasteiger partial charge on any atom is -0.357 e. The van der Waals surface area contributed by atoms with Crippen LogP contribution in [0.1, 0.15) is 57.4 Å². The molecule has 0 spiro atoms. The Balaban J connectivity index is 1.24. The maximum Gasteiger partial charge on any atom is 0.251 e. The molecule has 3 aromatic carbocycles. The van der Waals surface area contributed by atoms with E-state index in [4.69, 9.17) is 0 Å². The summed E-state index contributed by atoms with van der Waals surface area (Å²) < 4.78 is 0. The van der Waals surface area contributed by atoms with Crippen molar-refractivity contribution in [3.05, 3.63) is 106 Å². The molecular weight excluding hydrogens is 520 g/mol. The van der Waals surface area contributed by atoms with Crippen LogP contribution in [0.5, 0.6) is 0 Å². The molecule has 0 aliphatic carbocycles. The van der Waals surface area contributed by atoms with Crippen molar-refractivity contribution in [2.24, 2.45) is 0 Å². The number of carbonyl (C=O) groups excluding carboxylic acids is 1. The first-order chi connectivity index (χ1) is 20.6. The predicted molar refractivity (Wildman–Crippen MR) is 164 cm³/mol. The van der Waals surface area contributed by atoms with E-state index in [1.54, 1.807) is 0 Å². The van der Waals surface area contributed by atoms with Crippen molar-refractivity contribution >= 4 is 27.7 Å². The van der Waals surface area contributed by atoms with E-state index in [0.29, 0.717) is 12.1 Å². The molecule has 3 aliphatic heterocycles. The largest absolute Gasteiger partial charge is 0.357 e. The summed E-state index contributed by atoms with van der Waals surface area (Å²) in [5, 5.41) is 16.5. The third-order valence-corrected chi connectivity index (χ3v) is 10.1. The Hall–Kier alpha value is -4.38. The Bertz CT molecular complexity index is 1880. The second-order valence-corrected chi connectivity index (χ2v) is 12.1.